The zero-order valence-corrected chi connectivity index (χ0v) is 15.8. The molecule has 0 saturated carbocycles. The highest BCUT2D eigenvalue weighted by Gasteiger charge is 2.30. The molecule has 0 spiro atoms. The molecule has 3 rings (SSSR count). The number of carbonyl (C=O) groups excluding carboxylic acids is 1. The molecule has 148 valence electrons. The number of ether oxygens (including phenoxy) is 1. The van der Waals surface area contributed by atoms with E-state index in [2.05, 4.69) is 22.3 Å². The molecular weight excluding hydrogens is 356 g/mol. The van der Waals surface area contributed by atoms with E-state index in [1.807, 2.05) is 18.2 Å². The van der Waals surface area contributed by atoms with E-state index in [9.17, 15) is 9.59 Å². The van der Waals surface area contributed by atoms with E-state index in [-0.39, 0.29) is 18.4 Å². The molecule has 1 saturated heterocycles. The normalized spacial score (nSPS) is 16.6. The fraction of sp³-hybridized carbons (Fsp3) is 0.364. The number of hydrogen-bond donors (Lipinski definition) is 2. The van der Waals surface area contributed by atoms with E-state index >= 15 is 0 Å². The summed E-state index contributed by atoms with van der Waals surface area (Å²) >= 11 is 0. The Bertz CT molecular complexity index is 777. The minimum absolute atomic E-state index is 0.0172. The zero-order valence-electron chi connectivity index (χ0n) is 15.8. The maximum Gasteiger partial charge on any atom is 0.303 e. The highest BCUT2D eigenvalue weighted by atomic mass is 16.5. The largest absolute Gasteiger partial charge is 0.494 e. The molecule has 0 radical (unpaired) electrons. The van der Waals surface area contributed by atoms with Gasteiger partial charge >= 0.3 is 5.97 Å². The number of hydrogen-bond acceptors (Lipinski definition) is 4. The Kier molecular flexibility index (Phi) is 7.03. The summed E-state index contributed by atoms with van der Waals surface area (Å²) in [7, 11) is 0. The van der Waals surface area contributed by atoms with Crippen molar-refractivity contribution in [1.29, 1.82) is 0 Å². The molecule has 1 fully saturated rings. The molecular formula is C22H26N2O4. The minimum atomic E-state index is -0.824. The van der Waals surface area contributed by atoms with Crippen molar-refractivity contribution in [2.45, 2.75) is 38.3 Å². The van der Waals surface area contributed by atoms with Crippen molar-refractivity contribution < 1.29 is 19.4 Å². The van der Waals surface area contributed by atoms with Gasteiger partial charge in [0.05, 0.1) is 12.6 Å². The first-order valence-corrected chi connectivity index (χ1v) is 9.65. The fourth-order valence-electron chi connectivity index (χ4n) is 3.40. The van der Waals surface area contributed by atoms with Crippen molar-refractivity contribution in [2.24, 2.45) is 0 Å². The molecule has 6 heteroatoms. The molecule has 1 heterocycles. The quantitative estimate of drug-likeness (QED) is 0.649. The molecule has 1 aliphatic heterocycles. The van der Waals surface area contributed by atoms with E-state index in [0.717, 1.165) is 31.6 Å². The third kappa shape index (κ3) is 5.82. The Morgan fingerprint density at radius 2 is 1.86 bits per heavy atom. The van der Waals surface area contributed by atoms with Crippen LogP contribution < -0.4 is 10.1 Å². The standard InChI is InChI=1S/C22H26N2O4/c25-21(26)9-5-15-28-19-12-10-18(11-13-19)23-22(27)20-8-4-14-24(20)16-17-6-2-1-3-7-17/h1-3,6-7,10-13,20H,4-5,8-9,14-16H2,(H,23,27)(H,25,26). The van der Waals surface area contributed by atoms with Crippen LogP contribution in [0.15, 0.2) is 54.6 Å². The number of carbonyl (C=O) groups is 2. The number of amides is 1. The van der Waals surface area contributed by atoms with E-state index in [1.165, 1.54) is 5.56 Å². The third-order valence-electron chi connectivity index (χ3n) is 4.82. The van der Waals surface area contributed by atoms with Crippen LogP contribution in [0.5, 0.6) is 5.75 Å². The predicted molar refractivity (Wildman–Crippen MR) is 107 cm³/mol. The summed E-state index contributed by atoms with van der Waals surface area (Å²) in [6, 6.07) is 17.3. The molecule has 1 aliphatic rings. The van der Waals surface area contributed by atoms with Crippen LogP contribution in [0.2, 0.25) is 0 Å². The van der Waals surface area contributed by atoms with Gasteiger partial charge in [0.15, 0.2) is 0 Å². The maximum absolute atomic E-state index is 12.7. The topological polar surface area (TPSA) is 78.9 Å². The van der Waals surface area contributed by atoms with Crippen molar-refractivity contribution in [3.8, 4) is 5.75 Å². The number of likely N-dealkylation sites (tertiary alicyclic amines) is 1. The molecule has 1 unspecified atom stereocenters. The molecule has 1 amide bonds. The Morgan fingerprint density at radius 3 is 2.57 bits per heavy atom. The van der Waals surface area contributed by atoms with Crippen LogP contribution >= 0.6 is 0 Å². The summed E-state index contributed by atoms with van der Waals surface area (Å²) < 4.78 is 5.52. The Labute approximate surface area is 165 Å². The van der Waals surface area contributed by atoms with Gasteiger partial charge in [-0.05, 0) is 55.6 Å². The van der Waals surface area contributed by atoms with Gasteiger partial charge in [-0.2, -0.15) is 0 Å². The van der Waals surface area contributed by atoms with Gasteiger partial charge in [-0.3, -0.25) is 14.5 Å². The van der Waals surface area contributed by atoms with Gasteiger partial charge in [-0.1, -0.05) is 30.3 Å². The summed E-state index contributed by atoms with van der Waals surface area (Å²) in [5, 5.41) is 11.6. The zero-order chi connectivity index (χ0) is 19.8. The predicted octanol–water partition coefficient (Wildman–Crippen LogP) is 3.53. The van der Waals surface area contributed by atoms with Gasteiger partial charge in [0.1, 0.15) is 5.75 Å². The number of anilines is 1. The van der Waals surface area contributed by atoms with Crippen molar-refractivity contribution in [3.05, 3.63) is 60.2 Å². The summed E-state index contributed by atoms with van der Waals surface area (Å²) in [5.74, 6) is -0.145. The number of nitrogens with zero attached hydrogens (tertiary/aromatic N) is 1. The number of benzene rings is 2. The average molecular weight is 382 g/mol. The van der Waals surface area contributed by atoms with E-state index in [0.29, 0.717) is 18.8 Å². The van der Waals surface area contributed by atoms with Crippen molar-refractivity contribution in [1.82, 2.24) is 4.90 Å². The molecule has 6 nitrogen and oxygen atoms in total. The first kappa shape index (κ1) is 19.9. The molecule has 2 aromatic rings. The van der Waals surface area contributed by atoms with E-state index < -0.39 is 5.97 Å². The summed E-state index contributed by atoms with van der Waals surface area (Å²) in [6.07, 6.45) is 2.44. The highest BCUT2D eigenvalue weighted by Crippen LogP contribution is 2.22. The third-order valence-corrected chi connectivity index (χ3v) is 4.82. The lowest BCUT2D eigenvalue weighted by molar-refractivity contribution is -0.137. The number of carboxylic acid groups (broad SMARTS) is 1. The van der Waals surface area contributed by atoms with Crippen LogP contribution in [0.4, 0.5) is 5.69 Å². The Morgan fingerprint density at radius 1 is 1.11 bits per heavy atom. The molecule has 0 aliphatic carbocycles. The Balaban J connectivity index is 1.50. The monoisotopic (exact) mass is 382 g/mol. The van der Waals surface area contributed by atoms with Gasteiger partial charge in [0.25, 0.3) is 0 Å². The van der Waals surface area contributed by atoms with Gasteiger partial charge in [-0.15, -0.1) is 0 Å². The first-order valence-electron chi connectivity index (χ1n) is 9.65. The highest BCUT2D eigenvalue weighted by molar-refractivity contribution is 5.95. The van der Waals surface area contributed by atoms with Crippen LogP contribution in [0.1, 0.15) is 31.2 Å². The molecule has 2 aromatic carbocycles. The van der Waals surface area contributed by atoms with Crippen molar-refractivity contribution in [2.75, 3.05) is 18.5 Å². The van der Waals surface area contributed by atoms with Crippen LogP contribution in [0.25, 0.3) is 0 Å². The molecule has 1 atom stereocenters. The second-order valence-corrected chi connectivity index (χ2v) is 6.97. The average Bonchev–Trinajstić information content (AvgIpc) is 3.15. The van der Waals surface area contributed by atoms with Crippen LogP contribution in [-0.2, 0) is 16.1 Å². The molecule has 0 aromatic heterocycles. The second kappa shape index (κ2) is 9.90. The summed E-state index contributed by atoms with van der Waals surface area (Å²) in [4.78, 5) is 25.5. The first-order chi connectivity index (χ1) is 13.6. The smallest absolute Gasteiger partial charge is 0.303 e. The van der Waals surface area contributed by atoms with E-state index in [1.54, 1.807) is 24.3 Å². The lowest BCUT2D eigenvalue weighted by atomic mass is 10.1. The molecule has 2 N–H and O–H groups in total. The van der Waals surface area contributed by atoms with Gasteiger partial charge in [0, 0.05) is 18.7 Å². The number of aliphatic carboxylic acids is 1. The number of nitrogens with one attached hydrogen (secondary N) is 1. The number of carboxylic acids is 1. The lowest BCUT2D eigenvalue weighted by Gasteiger charge is -2.23. The second-order valence-electron chi connectivity index (χ2n) is 6.97. The van der Waals surface area contributed by atoms with Gasteiger partial charge in [0.2, 0.25) is 5.91 Å². The van der Waals surface area contributed by atoms with Crippen LogP contribution in [-0.4, -0.2) is 41.1 Å². The van der Waals surface area contributed by atoms with Crippen LogP contribution in [0, 0.1) is 0 Å². The summed E-state index contributed by atoms with van der Waals surface area (Å²) in [5.41, 5.74) is 1.95. The van der Waals surface area contributed by atoms with Crippen molar-refractivity contribution >= 4 is 17.6 Å². The van der Waals surface area contributed by atoms with Gasteiger partial charge < -0.3 is 15.2 Å². The van der Waals surface area contributed by atoms with Gasteiger partial charge in [-0.25, -0.2) is 0 Å². The van der Waals surface area contributed by atoms with Crippen molar-refractivity contribution in [3.63, 3.8) is 0 Å². The Hall–Kier alpha value is -2.86. The number of rotatable bonds is 9. The fourth-order valence-corrected chi connectivity index (χ4v) is 3.40. The maximum atomic E-state index is 12.7. The lowest BCUT2D eigenvalue weighted by Crippen LogP contribution is -2.39. The minimum Gasteiger partial charge on any atom is -0.494 e. The molecule has 0 bridgehead atoms. The SMILES string of the molecule is O=C(O)CCCOc1ccc(NC(=O)C2CCCN2Cc2ccccc2)cc1. The van der Waals surface area contributed by atoms with E-state index in [4.69, 9.17) is 9.84 Å². The summed E-state index contributed by atoms with van der Waals surface area (Å²) in [6.45, 7) is 2.06. The van der Waals surface area contributed by atoms with Crippen LogP contribution in [0.3, 0.4) is 0 Å². The molecule has 28 heavy (non-hydrogen) atoms.